The third kappa shape index (κ3) is 3.19. The van der Waals surface area contributed by atoms with Gasteiger partial charge in [-0.1, -0.05) is 29.3 Å². The van der Waals surface area contributed by atoms with Gasteiger partial charge in [0.2, 0.25) is 0 Å². The van der Waals surface area contributed by atoms with Gasteiger partial charge in [-0.2, -0.15) is 0 Å². The number of nitrogens with two attached hydrogens (primary N) is 1. The Balaban J connectivity index is 2.33. The van der Waals surface area contributed by atoms with Gasteiger partial charge in [0.05, 0.1) is 15.6 Å². The molecular weight excluding hydrogens is 284 g/mol. The highest BCUT2D eigenvalue weighted by Crippen LogP contribution is 2.26. The van der Waals surface area contributed by atoms with Crippen LogP contribution in [-0.4, -0.2) is 8.42 Å². The average Bonchev–Trinajstić information content (AvgIpc) is 2.33. The van der Waals surface area contributed by atoms with E-state index in [4.69, 9.17) is 17.3 Å². The molecule has 2 aromatic rings. The zero-order chi connectivity index (χ0) is 14.0. The van der Waals surface area contributed by atoms with Gasteiger partial charge in [-0.3, -0.25) is 4.72 Å². The van der Waals surface area contributed by atoms with E-state index in [-0.39, 0.29) is 9.92 Å². The number of anilines is 2. The molecule has 0 spiro atoms. The van der Waals surface area contributed by atoms with Crippen LogP contribution in [-0.2, 0) is 10.0 Å². The first-order valence-corrected chi connectivity index (χ1v) is 7.39. The number of halogens is 1. The molecular formula is C13H13ClN2O2S. The summed E-state index contributed by atoms with van der Waals surface area (Å²) in [6, 6.07) is 11.2. The Kier molecular flexibility index (Phi) is 3.68. The normalized spacial score (nSPS) is 11.3. The quantitative estimate of drug-likeness (QED) is 0.855. The van der Waals surface area contributed by atoms with Gasteiger partial charge < -0.3 is 5.73 Å². The number of aryl methyl sites for hydroxylation is 1. The van der Waals surface area contributed by atoms with Crippen LogP contribution in [0.2, 0.25) is 5.02 Å². The third-order valence-electron chi connectivity index (χ3n) is 2.57. The van der Waals surface area contributed by atoms with Crippen molar-refractivity contribution in [3.63, 3.8) is 0 Å². The standard InChI is InChI=1S/C13H13ClN2O2S/c1-9-2-5-11(6-3-9)19(17,18)16-13-7-4-10(15)8-12(13)14/h2-8,16H,15H2,1H3. The molecule has 4 nitrogen and oxygen atoms in total. The highest BCUT2D eigenvalue weighted by atomic mass is 35.5. The summed E-state index contributed by atoms with van der Waals surface area (Å²) in [5.74, 6) is 0. The van der Waals surface area contributed by atoms with E-state index in [1.54, 1.807) is 30.3 Å². The molecule has 0 heterocycles. The summed E-state index contributed by atoms with van der Waals surface area (Å²) < 4.78 is 26.7. The minimum atomic E-state index is -3.64. The number of nitrogen functional groups attached to an aromatic ring is 1. The first kappa shape index (κ1) is 13.7. The SMILES string of the molecule is Cc1ccc(S(=O)(=O)Nc2ccc(N)cc2Cl)cc1. The second-order valence-corrected chi connectivity index (χ2v) is 6.25. The Hall–Kier alpha value is -1.72. The maximum absolute atomic E-state index is 12.1. The maximum atomic E-state index is 12.1. The molecule has 0 amide bonds. The number of nitrogens with one attached hydrogen (secondary N) is 1. The fourth-order valence-corrected chi connectivity index (χ4v) is 2.91. The Morgan fingerprint density at radius 3 is 2.32 bits per heavy atom. The summed E-state index contributed by atoms with van der Waals surface area (Å²) in [7, 11) is -3.64. The van der Waals surface area contributed by atoms with Crippen LogP contribution in [0.5, 0.6) is 0 Å². The Morgan fingerprint density at radius 1 is 1.11 bits per heavy atom. The van der Waals surface area contributed by atoms with Gasteiger partial charge in [0.1, 0.15) is 0 Å². The van der Waals surface area contributed by atoms with Crippen LogP contribution in [0.1, 0.15) is 5.56 Å². The van der Waals surface area contributed by atoms with Crippen LogP contribution in [0.25, 0.3) is 0 Å². The van der Waals surface area contributed by atoms with Crippen LogP contribution in [0.4, 0.5) is 11.4 Å². The Morgan fingerprint density at radius 2 is 1.74 bits per heavy atom. The number of hydrogen-bond acceptors (Lipinski definition) is 3. The smallest absolute Gasteiger partial charge is 0.261 e. The molecule has 19 heavy (non-hydrogen) atoms. The molecule has 0 aliphatic heterocycles. The van der Waals surface area contributed by atoms with Gasteiger partial charge in [-0.25, -0.2) is 8.42 Å². The van der Waals surface area contributed by atoms with Gasteiger partial charge in [-0.05, 0) is 37.3 Å². The van der Waals surface area contributed by atoms with E-state index >= 15 is 0 Å². The van der Waals surface area contributed by atoms with Gasteiger partial charge in [0.25, 0.3) is 10.0 Å². The molecule has 0 aromatic heterocycles. The molecule has 3 N–H and O–H groups in total. The third-order valence-corrected chi connectivity index (χ3v) is 4.26. The molecule has 0 atom stereocenters. The lowest BCUT2D eigenvalue weighted by Gasteiger charge is -2.10. The summed E-state index contributed by atoms with van der Waals surface area (Å²) >= 11 is 5.94. The highest BCUT2D eigenvalue weighted by Gasteiger charge is 2.15. The summed E-state index contributed by atoms with van der Waals surface area (Å²) in [5.41, 5.74) is 7.33. The second-order valence-electron chi connectivity index (χ2n) is 4.16. The molecule has 0 radical (unpaired) electrons. The van der Waals surface area contributed by atoms with Crippen molar-refractivity contribution in [2.24, 2.45) is 0 Å². The molecule has 0 aliphatic rings. The Bertz CT molecular complexity index is 697. The van der Waals surface area contributed by atoms with Gasteiger partial charge in [0, 0.05) is 5.69 Å². The van der Waals surface area contributed by atoms with E-state index in [0.29, 0.717) is 11.4 Å². The molecule has 0 fully saturated rings. The van der Waals surface area contributed by atoms with Crippen LogP contribution in [0.15, 0.2) is 47.4 Å². The maximum Gasteiger partial charge on any atom is 0.261 e. The topological polar surface area (TPSA) is 72.2 Å². The summed E-state index contributed by atoms with van der Waals surface area (Å²) in [5, 5.41) is 0.260. The van der Waals surface area contributed by atoms with Crippen molar-refractivity contribution in [2.45, 2.75) is 11.8 Å². The largest absolute Gasteiger partial charge is 0.399 e. The molecule has 0 unspecified atom stereocenters. The van der Waals surface area contributed by atoms with E-state index < -0.39 is 10.0 Å². The predicted molar refractivity (Wildman–Crippen MR) is 77.9 cm³/mol. The van der Waals surface area contributed by atoms with Crippen molar-refractivity contribution in [2.75, 3.05) is 10.5 Å². The fraction of sp³-hybridized carbons (Fsp3) is 0.0769. The fourth-order valence-electron chi connectivity index (χ4n) is 1.54. The first-order chi connectivity index (χ1) is 8.88. The van der Waals surface area contributed by atoms with Crippen molar-refractivity contribution in [3.8, 4) is 0 Å². The minimum absolute atomic E-state index is 0.186. The van der Waals surface area contributed by atoms with E-state index in [0.717, 1.165) is 5.56 Å². The van der Waals surface area contributed by atoms with Gasteiger partial charge in [0.15, 0.2) is 0 Å². The molecule has 2 aromatic carbocycles. The number of sulfonamides is 1. The Labute approximate surface area is 117 Å². The first-order valence-electron chi connectivity index (χ1n) is 5.53. The van der Waals surface area contributed by atoms with Crippen LogP contribution >= 0.6 is 11.6 Å². The predicted octanol–water partition coefficient (Wildman–Crippen LogP) is 3.03. The van der Waals surface area contributed by atoms with Crippen molar-refractivity contribution in [1.82, 2.24) is 0 Å². The summed E-state index contributed by atoms with van der Waals surface area (Å²) in [4.78, 5) is 0.186. The van der Waals surface area contributed by atoms with Crippen molar-refractivity contribution in [3.05, 3.63) is 53.1 Å². The molecule has 6 heteroatoms. The molecule has 0 saturated carbocycles. The van der Waals surface area contributed by atoms with Crippen molar-refractivity contribution >= 4 is 33.0 Å². The average molecular weight is 297 g/mol. The van der Waals surface area contributed by atoms with Crippen molar-refractivity contribution < 1.29 is 8.42 Å². The summed E-state index contributed by atoms with van der Waals surface area (Å²) in [6.07, 6.45) is 0. The number of rotatable bonds is 3. The van der Waals surface area contributed by atoms with Crippen LogP contribution in [0, 0.1) is 6.92 Å². The lowest BCUT2D eigenvalue weighted by Crippen LogP contribution is -2.13. The van der Waals surface area contributed by atoms with E-state index in [9.17, 15) is 8.42 Å². The van der Waals surface area contributed by atoms with Crippen molar-refractivity contribution in [1.29, 1.82) is 0 Å². The molecule has 2 rings (SSSR count). The number of benzene rings is 2. The van der Waals surface area contributed by atoms with Crippen LogP contribution < -0.4 is 10.5 Å². The molecule has 0 aliphatic carbocycles. The number of hydrogen-bond donors (Lipinski definition) is 2. The molecule has 0 bridgehead atoms. The minimum Gasteiger partial charge on any atom is -0.399 e. The molecule has 0 saturated heterocycles. The van der Waals surface area contributed by atoms with Gasteiger partial charge in [-0.15, -0.1) is 0 Å². The highest BCUT2D eigenvalue weighted by molar-refractivity contribution is 7.92. The lowest BCUT2D eigenvalue weighted by atomic mass is 10.2. The zero-order valence-electron chi connectivity index (χ0n) is 10.2. The lowest BCUT2D eigenvalue weighted by molar-refractivity contribution is 0.601. The van der Waals surface area contributed by atoms with E-state index in [2.05, 4.69) is 4.72 Å². The zero-order valence-corrected chi connectivity index (χ0v) is 11.8. The second kappa shape index (κ2) is 5.11. The van der Waals surface area contributed by atoms with E-state index in [1.807, 2.05) is 6.92 Å². The summed E-state index contributed by atoms with van der Waals surface area (Å²) in [6.45, 7) is 1.89. The monoisotopic (exact) mass is 296 g/mol. The molecule has 100 valence electrons. The van der Waals surface area contributed by atoms with Crippen LogP contribution in [0.3, 0.4) is 0 Å². The van der Waals surface area contributed by atoms with Gasteiger partial charge >= 0.3 is 0 Å². The van der Waals surface area contributed by atoms with E-state index in [1.165, 1.54) is 12.1 Å².